The van der Waals surface area contributed by atoms with E-state index in [2.05, 4.69) is 12.6 Å². The number of thiol groups is 1. The Morgan fingerprint density at radius 3 is 2.42 bits per heavy atom. The van der Waals surface area contributed by atoms with Crippen molar-refractivity contribution < 1.29 is 4.92 Å². The number of halogens is 2. The molecule has 1 rings (SSSR count). The standard InChI is InChI=1S/C6H3Cl2NO2S/c7-3-1-2-4(12)5(8)6(3)9(10)11/h1-2,12H. The van der Waals surface area contributed by atoms with Crippen molar-refractivity contribution in [3.63, 3.8) is 0 Å². The molecule has 0 aliphatic rings. The Labute approximate surface area is 83.8 Å². The molecule has 0 unspecified atom stereocenters. The lowest BCUT2D eigenvalue weighted by atomic mass is 10.3. The number of nitro groups is 1. The minimum absolute atomic E-state index is 0.0165. The Balaban J connectivity index is 3.43. The highest BCUT2D eigenvalue weighted by atomic mass is 35.5. The van der Waals surface area contributed by atoms with Gasteiger partial charge in [-0.25, -0.2) is 0 Å². The zero-order chi connectivity index (χ0) is 9.30. The van der Waals surface area contributed by atoms with Crippen LogP contribution >= 0.6 is 35.8 Å². The van der Waals surface area contributed by atoms with E-state index in [9.17, 15) is 10.1 Å². The highest BCUT2D eigenvalue weighted by Gasteiger charge is 2.19. The van der Waals surface area contributed by atoms with Gasteiger partial charge in [-0.2, -0.15) is 0 Å². The summed E-state index contributed by atoms with van der Waals surface area (Å²) in [6.07, 6.45) is 0. The monoisotopic (exact) mass is 223 g/mol. The third-order valence-electron chi connectivity index (χ3n) is 1.23. The van der Waals surface area contributed by atoms with E-state index < -0.39 is 4.92 Å². The van der Waals surface area contributed by atoms with Gasteiger partial charge in [-0.05, 0) is 12.1 Å². The molecular weight excluding hydrogens is 221 g/mol. The highest BCUT2D eigenvalue weighted by Crippen LogP contribution is 2.36. The molecule has 3 nitrogen and oxygen atoms in total. The average Bonchev–Trinajstić information content (AvgIpc) is 1.97. The fourth-order valence-corrected chi connectivity index (χ4v) is 1.39. The van der Waals surface area contributed by atoms with Crippen LogP contribution in [0, 0.1) is 10.1 Å². The molecule has 0 N–H and O–H groups in total. The Morgan fingerprint density at radius 1 is 1.42 bits per heavy atom. The molecular formula is C6H3Cl2NO2S. The summed E-state index contributed by atoms with van der Waals surface area (Å²) in [6, 6.07) is 2.88. The number of hydrogen-bond donors (Lipinski definition) is 1. The average molecular weight is 224 g/mol. The topological polar surface area (TPSA) is 43.1 Å². The summed E-state index contributed by atoms with van der Waals surface area (Å²) in [4.78, 5) is 10.1. The smallest absolute Gasteiger partial charge is 0.258 e. The van der Waals surface area contributed by atoms with E-state index in [1.165, 1.54) is 12.1 Å². The van der Waals surface area contributed by atoms with Crippen LogP contribution in [0.1, 0.15) is 0 Å². The first-order valence-electron chi connectivity index (χ1n) is 2.85. The van der Waals surface area contributed by atoms with Gasteiger partial charge in [-0.1, -0.05) is 23.2 Å². The zero-order valence-corrected chi connectivity index (χ0v) is 8.03. The van der Waals surface area contributed by atoms with E-state index in [0.29, 0.717) is 4.90 Å². The van der Waals surface area contributed by atoms with Crippen molar-refractivity contribution in [1.82, 2.24) is 0 Å². The molecule has 0 spiro atoms. The maximum Gasteiger partial charge on any atom is 0.307 e. The van der Waals surface area contributed by atoms with Crippen molar-refractivity contribution in [3.8, 4) is 0 Å². The summed E-state index contributed by atoms with van der Waals surface area (Å²) >= 11 is 15.0. The van der Waals surface area contributed by atoms with Gasteiger partial charge < -0.3 is 0 Å². The lowest BCUT2D eigenvalue weighted by Crippen LogP contribution is -1.90. The van der Waals surface area contributed by atoms with Gasteiger partial charge in [0.2, 0.25) is 0 Å². The summed E-state index contributed by atoms with van der Waals surface area (Å²) in [5.41, 5.74) is -0.300. The number of nitrogens with zero attached hydrogens (tertiary/aromatic N) is 1. The number of hydrogen-bond acceptors (Lipinski definition) is 3. The lowest BCUT2D eigenvalue weighted by Gasteiger charge is -1.99. The van der Waals surface area contributed by atoms with Crippen molar-refractivity contribution in [3.05, 3.63) is 32.3 Å². The highest BCUT2D eigenvalue weighted by molar-refractivity contribution is 7.80. The van der Waals surface area contributed by atoms with Gasteiger partial charge in [-0.15, -0.1) is 12.6 Å². The second-order valence-corrected chi connectivity index (χ2v) is 3.25. The fourth-order valence-electron chi connectivity index (χ4n) is 0.698. The summed E-state index contributed by atoms with van der Waals surface area (Å²) < 4.78 is 0. The summed E-state index contributed by atoms with van der Waals surface area (Å²) in [7, 11) is 0. The van der Waals surface area contributed by atoms with E-state index >= 15 is 0 Å². The molecule has 0 bridgehead atoms. The van der Waals surface area contributed by atoms with Gasteiger partial charge in [0, 0.05) is 4.90 Å². The molecule has 0 saturated heterocycles. The number of rotatable bonds is 1. The Bertz CT molecular complexity index is 343. The van der Waals surface area contributed by atoms with Crippen molar-refractivity contribution in [2.75, 3.05) is 0 Å². The van der Waals surface area contributed by atoms with Crippen LogP contribution in [0.2, 0.25) is 10.0 Å². The van der Waals surface area contributed by atoms with Gasteiger partial charge in [-0.3, -0.25) is 10.1 Å². The summed E-state index contributed by atoms with van der Waals surface area (Å²) in [5, 5.41) is 10.4. The van der Waals surface area contributed by atoms with E-state index in [-0.39, 0.29) is 15.7 Å². The van der Waals surface area contributed by atoms with E-state index in [4.69, 9.17) is 23.2 Å². The molecule has 0 saturated carbocycles. The van der Waals surface area contributed by atoms with Crippen molar-refractivity contribution >= 4 is 41.5 Å². The van der Waals surface area contributed by atoms with E-state index in [1.54, 1.807) is 0 Å². The molecule has 64 valence electrons. The lowest BCUT2D eigenvalue weighted by molar-refractivity contribution is -0.384. The molecule has 0 amide bonds. The third-order valence-corrected chi connectivity index (χ3v) is 2.42. The molecule has 0 atom stereocenters. The molecule has 0 heterocycles. The first-order valence-corrected chi connectivity index (χ1v) is 4.05. The maximum absolute atomic E-state index is 10.4. The van der Waals surface area contributed by atoms with E-state index in [0.717, 1.165) is 0 Å². The van der Waals surface area contributed by atoms with Gasteiger partial charge in [0.1, 0.15) is 10.0 Å². The van der Waals surface area contributed by atoms with Crippen LogP contribution in [0.15, 0.2) is 17.0 Å². The Morgan fingerprint density at radius 2 is 2.00 bits per heavy atom. The van der Waals surface area contributed by atoms with Crippen LogP contribution in [-0.2, 0) is 0 Å². The largest absolute Gasteiger partial charge is 0.307 e. The molecule has 6 heteroatoms. The van der Waals surface area contributed by atoms with Gasteiger partial charge in [0.15, 0.2) is 0 Å². The quantitative estimate of drug-likeness (QED) is 0.452. The van der Waals surface area contributed by atoms with Crippen molar-refractivity contribution in [1.29, 1.82) is 0 Å². The molecule has 0 aliphatic carbocycles. The molecule has 0 aromatic heterocycles. The predicted octanol–water partition coefficient (Wildman–Crippen LogP) is 3.19. The predicted molar refractivity (Wildman–Crippen MR) is 50.4 cm³/mol. The minimum Gasteiger partial charge on any atom is -0.258 e. The van der Waals surface area contributed by atoms with Crippen LogP contribution in [0.25, 0.3) is 0 Å². The third kappa shape index (κ3) is 1.65. The molecule has 1 aromatic rings. The maximum atomic E-state index is 10.4. The zero-order valence-electron chi connectivity index (χ0n) is 5.62. The molecule has 0 fully saturated rings. The Kier molecular flexibility index (Phi) is 2.82. The van der Waals surface area contributed by atoms with Crippen molar-refractivity contribution in [2.45, 2.75) is 4.90 Å². The van der Waals surface area contributed by atoms with Gasteiger partial charge in [0.05, 0.1) is 4.92 Å². The van der Waals surface area contributed by atoms with Crippen LogP contribution < -0.4 is 0 Å². The first kappa shape index (κ1) is 9.64. The SMILES string of the molecule is O=[N+]([O-])c1c(Cl)ccc(S)c1Cl. The van der Waals surface area contributed by atoms with Crippen LogP contribution in [-0.4, -0.2) is 4.92 Å². The molecule has 12 heavy (non-hydrogen) atoms. The second kappa shape index (κ2) is 3.51. The van der Waals surface area contributed by atoms with Crippen LogP contribution in [0.4, 0.5) is 5.69 Å². The van der Waals surface area contributed by atoms with Gasteiger partial charge in [0.25, 0.3) is 0 Å². The van der Waals surface area contributed by atoms with Gasteiger partial charge >= 0.3 is 5.69 Å². The summed E-state index contributed by atoms with van der Waals surface area (Å²) in [6.45, 7) is 0. The summed E-state index contributed by atoms with van der Waals surface area (Å²) in [5.74, 6) is 0. The molecule has 0 aliphatic heterocycles. The fraction of sp³-hybridized carbons (Fsp3) is 0. The number of benzene rings is 1. The van der Waals surface area contributed by atoms with Crippen molar-refractivity contribution in [2.24, 2.45) is 0 Å². The number of nitro benzene ring substituents is 1. The second-order valence-electron chi connectivity index (χ2n) is 1.99. The Hall–Kier alpha value is -0.450. The first-order chi connectivity index (χ1) is 5.54. The van der Waals surface area contributed by atoms with Crippen LogP contribution in [0.5, 0.6) is 0 Å². The van der Waals surface area contributed by atoms with E-state index in [1.807, 2.05) is 0 Å². The minimum atomic E-state index is -0.635. The molecule has 0 radical (unpaired) electrons. The van der Waals surface area contributed by atoms with Crippen LogP contribution in [0.3, 0.4) is 0 Å². The normalized spacial score (nSPS) is 9.92. The molecule has 1 aromatic carbocycles.